The van der Waals surface area contributed by atoms with E-state index < -0.39 is 12.1 Å². The lowest BCUT2D eigenvalue weighted by Crippen LogP contribution is -2.23. The zero-order valence-electron chi connectivity index (χ0n) is 9.60. The molecule has 0 fully saturated rings. The molecule has 1 aliphatic carbocycles. The Kier molecular flexibility index (Phi) is 3.13. The SMILES string of the molecule is C[C@H](Oc1ccc2c(c1)CCCC2=O)C(=O)O. The van der Waals surface area contributed by atoms with E-state index in [9.17, 15) is 9.59 Å². The molecule has 4 nitrogen and oxygen atoms in total. The van der Waals surface area contributed by atoms with Crippen LogP contribution in [0.2, 0.25) is 0 Å². The van der Waals surface area contributed by atoms with Crippen molar-refractivity contribution < 1.29 is 19.4 Å². The van der Waals surface area contributed by atoms with Crippen molar-refractivity contribution in [2.24, 2.45) is 0 Å². The Balaban J connectivity index is 2.21. The van der Waals surface area contributed by atoms with Crippen LogP contribution in [-0.4, -0.2) is 23.0 Å². The van der Waals surface area contributed by atoms with Gasteiger partial charge in [-0.1, -0.05) is 0 Å². The van der Waals surface area contributed by atoms with Crippen LogP contribution >= 0.6 is 0 Å². The largest absolute Gasteiger partial charge is 0.479 e. The number of fused-ring (bicyclic) bond motifs is 1. The third-order valence-corrected chi connectivity index (χ3v) is 2.89. The highest BCUT2D eigenvalue weighted by molar-refractivity contribution is 5.98. The Morgan fingerprint density at radius 2 is 2.18 bits per heavy atom. The van der Waals surface area contributed by atoms with E-state index in [-0.39, 0.29) is 5.78 Å². The number of benzene rings is 1. The van der Waals surface area contributed by atoms with Gasteiger partial charge in [0.05, 0.1) is 0 Å². The van der Waals surface area contributed by atoms with Crippen molar-refractivity contribution in [1.82, 2.24) is 0 Å². The molecule has 1 N–H and O–H groups in total. The number of carboxylic acid groups (broad SMARTS) is 1. The molecule has 0 radical (unpaired) electrons. The summed E-state index contributed by atoms with van der Waals surface area (Å²) in [7, 11) is 0. The standard InChI is InChI=1S/C13H14O4/c1-8(13(15)16)17-10-5-6-11-9(7-10)3-2-4-12(11)14/h5-8H,2-4H2,1H3,(H,15,16)/t8-/m0/s1. The number of carboxylic acids is 1. The zero-order valence-corrected chi connectivity index (χ0v) is 9.60. The Morgan fingerprint density at radius 3 is 2.88 bits per heavy atom. The first-order valence-electron chi connectivity index (χ1n) is 5.63. The molecule has 0 amide bonds. The maximum absolute atomic E-state index is 11.6. The minimum atomic E-state index is -1.00. The van der Waals surface area contributed by atoms with Crippen LogP contribution in [0.4, 0.5) is 0 Å². The van der Waals surface area contributed by atoms with Crippen molar-refractivity contribution in [3.8, 4) is 5.75 Å². The number of aryl methyl sites for hydroxylation is 1. The lowest BCUT2D eigenvalue weighted by molar-refractivity contribution is -0.144. The molecule has 0 bridgehead atoms. The molecule has 90 valence electrons. The molecule has 1 atom stereocenters. The van der Waals surface area contributed by atoms with E-state index in [1.165, 1.54) is 6.92 Å². The fourth-order valence-corrected chi connectivity index (χ4v) is 1.95. The van der Waals surface area contributed by atoms with Gasteiger partial charge < -0.3 is 9.84 Å². The average molecular weight is 234 g/mol. The first-order chi connectivity index (χ1) is 8.08. The van der Waals surface area contributed by atoms with E-state index >= 15 is 0 Å². The molecule has 1 aromatic carbocycles. The van der Waals surface area contributed by atoms with E-state index in [1.807, 2.05) is 0 Å². The molecule has 0 unspecified atom stereocenters. The molecule has 0 saturated heterocycles. The monoisotopic (exact) mass is 234 g/mol. The zero-order chi connectivity index (χ0) is 12.4. The van der Waals surface area contributed by atoms with E-state index in [0.29, 0.717) is 12.2 Å². The van der Waals surface area contributed by atoms with E-state index in [0.717, 1.165) is 24.0 Å². The molecule has 0 aromatic heterocycles. The molecule has 17 heavy (non-hydrogen) atoms. The number of carbonyl (C=O) groups is 2. The second-order valence-corrected chi connectivity index (χ2v) is 4.19. The molecule has 4 heteroatoms. The van der Waals surface area contributed by atoms with Crippen LogP contribution in [0.3, 0.4) is 0 Å². The lowest BCUT2D eigenvalue weighted by atomic mass is 9.90. The van der Waals surface area contributed by atoms with Crippen LogP contribution in [0.5, 0.6) is 5.75 Å². The Bertz CT molecular complexity index is 464. The minimum absolute atomic E-state index is 0.157. The van der Waals surface area contributed by atoms with Gasteiger partial charge in [-0.25, -0.2) is 4.79 Å². The fraction of sp³-hybridized carbons (Fsp3) is 0.385. The third kappa shape index (κ3) is 2.46. The summed E-state index contributed by atoms with van der Waals surface area (Å²) >= 11 is 0. The third-order valence-electron chi connectivity index (χ3n) is 2.89. The van der Waals surface area contributed by atoms with E-state index in [1.54, 1.807) is 18.2 Å². The number of hydrogen-bond acceptors (Lipinski definition) is 3. The van der Waals surface area contributed by atoms with Crippen LogP contribution in [0.15, 0.2) is 18.2 Å². The molecule has 0 heterocycles. The summed E-state index contributed by atoms with van der Waals surface area (Å²) in [6.45, 7) is 1.48. The fourth-order valence-electron chi connectivity index (χ4n) is 1.95. The van der Waals surface area contributed by atoms with Crippen molar-refractivity contribution >= 4 is 11.8 Å². The minimum Gasteiger partial charge on any atom is -0.479 e. The van der Waals surface area contributed by atoms with Gasteiger partial charge in [-0.05, 0) is 43.5 Å². The highest BCUT2D eigenvalue weighted by atomic mass is 16.5. The summed E-state index contributed by atoms with van der Waals surface area (Å²) in [5.74, 6) is -0.337. The van der Waals surface area contributed by atoms with E-state index in [4.69, 9.17) is 9.84 Å². The predicted octanol–water partition coefficient (Wildman–Crippen LogP) is 2.06. The first kappa shape index (κ1) is 11.6. The number of Topliss-reactive ketones (excluding diaryl/α,β-unsaturated/α-hetero) is 1. The molecular formula is C13H14O4. The van der Waals surface area contributed by atoms with Crippen LogP contribution in [-0.2, 0) is 11.2 Å². The Morgan fingerprint density at radius 1 is 1.41 bits per heavy atom. The van der Waals surface area contributed by atoms with Gasteiger partial charge in [0, 0.05) is 12.0 Å². The number of ketones is 1. The molecule has 1 aliphatic rings. The molecule has 1 aromatic rings. The summed E-state index contributed by atoms with van der Waals surface area (Å²) in [5.41, 5.74) is 1.70. The average Bonchev–Trinajstić information content (AvgIpc) is 2.29. The van der Waals surface area contributed by atoms with Crippen LogP contribution in [0.25, 0.3) is 0 Å². The van der Waals surface area contributed by atoms with Crippen LogP contribution in [0.1, 0.15) is 35.7 Å². The normalized spacial score (nSPS) is 16.2. The topological polar surface area (TPSA) is 63.6 Å². The van der Waals surface area contributed by atoms with Gasteiger partial charge in [0.15, 0.2) is 11.9 Å². The predicted molar refractivity (Wildman–Crippen MR) is 61.4 cm³/mol. The summed E-state index contributed by atoms with van der Waals surface area (Å²) in [6.07, 6.45) is 1.41. The van der Waals surface area contributed by atoms with E-state index in [2.05, 4.69) is 0 Å². The van der Waals surface area contributed by atoms with Gasteiger partial charge in [-0.3, -0.25) is 4.79 Å². The van der Waals surface area contributed by atoms with Crippen LogP contribution in [0, 0.1) is 0 Å². The first-order valence-corrected chi connectivity index (χ1v) is 5.63. The molecule has 0 spiro atoms. The van der Waals surface area contributed by atoms with Crippen molar-refractivity contribution in [3.05, 3.63) is 29.3 Å². The number of hydrogen-bond donors (Lipinski definition) is 1. The summed E-state index contributed by atoms with van der Waals surface area (Å²) in [6, 6.07) is 5.15. The highest BCUT2D eigenvalue weighted by Crippen LogP contribution is 2.25. The second kappa shape index (κ2) is 4.57. The Labute approximate surface area is 99.2 Å². The smallest absolute Gasteiger partial charge is 0.344 e. The van der Waals surface area contributed by atoms with Crippen molar-refractivity contribution in [2.75, 3.05) is 0 Å². The van der Waals surface area contributed by atoms with Gasteiger partial charge in [-0.2, -0.15) is 0 Å². The number of rotatable bonds is 3. The molecule has 0 aliphatic heterocycles. The van der Waals surface area contributed by atoms with Crippen LogP contribution < -0.4 is 4.74 Å². The number of ether oxygens (including phenoxy) is 1. The van der Waals surface area contributed by atoms with Crippen molar-refractivity contribution in [1.29, 1.82) is 0 Å². The van der Waals surface area contributed by atoms with Gasteiger partial charge in [0.2, 0.25) is 0 Å². The summed E-state index contributed by atoms with van der Waals surface area (Å²) in [4.78, 5) is 22.3. The molecular weight excluding hydrogens is 220 g/mol. The summed E-state index contributed by atoms with van der Waals surface area (Å²) < 4.78 is 5.27. The van der Waals surface area contributed by atoms with Gasteiger partial charge >= 0.3 is 5.97 Å². The lowest BCUT2D eigenvalue weighted by Gasteiger charge is -2.17. The second-order valence-electron chi connectivity index (χ2n) is 4.19. The van der Waals surface area contributed by atoms with Gasteiger partial charge in [-0.15, -0.1) is 0 Å². The highest BCUT2D eigenvalue weighted by Gasteiger charge is 2.18. The number of aliphatic carboxylic acids is 1. The summed E-state index contributed by atoms with van der Waals surface area (Å²) in [5, 5.41) is 8.74. The quantitative estimate of drug-likeness (QED) is 0.869. The Hall–Kier alpha value is -1.84. The van der Waals surface area contributed by atoms with Crippen molar-refractivity contribution in [3.63, 3.8) is 0 Å². The molecule has 0 saturated carbocycles. The molecule has 2 rings (SSSR count). The number of carbonyl (C=O) groups excluding carboxylic acids is 1. The maximum atomic E-state index is 11.6. The van der Waals surface area contributed by atoms with Crippen molar-refractivity contribution in [2.45, 2.75) is 32.3 Å². The van der Waals surface area contributed by atoms with Gasteiger partial charge in [0.25, 0.3) is 0 Å². The van der Waals surface area contributed by atoms with Gasteiger partial charge in [0.1, 0.15) is 5.75 Å². The maximum Gasteiger partial charge on any atom is 0.344 e.